The van der Waals surface area contributed by atoms with E-state index < -0.39 is 11.5 Å². The van der Waals surface area contributed by atoms with Gasteiger partial charge >= 0.3 is 0 Å². The molecule has 0 radical (unpaired) electrons. The van der Waals surface area contributed by atoms with Crippen LogP contribution in [0.5, 0.6) is 0 Å². The number of amides is 1. The van der Waals surface area contributed by atoms with Crippen LogP contribution < -0.4 is 0 Å². The van der Waals surface area contributed by atoms with E-state index in [4.69, 9.17) is 0 Å². The van der Waals surface area contributed by atoms with Crippen LogP contribution in [0.4, 0.5) is 0 Å². The van der Waals surface area contributed by atoms with Crippen molar-refractivity contribution in [2.45, 2.75) is 24.9 Å². The number of nitrogens with zero attached hydrogens (tertiary/aromatic N) is 1. The summed E-state index contributed by atoms with van der Waals surface area (Å²) < 4.78 is 0. The van der Waals surface area contributed by atoms with Gasteiger partial charge in [0.15, 0.2) is 0 Å². The Hall–Kier alpha value is -1.68. The van der Waals surface area contributed by atoms with Crippen LogP contribution in [0.25, 0.3) is 0 Å². The predicted molar refractivity (Wildman–Crippen MR) is 64.5 cm³/mol. The number of fused-ring (bicyclic) bond motifs is 1. The molecule has 94 valence electrons. The topological polar surface area (TPSA) is 57.6 Å². The van der Waals surface area contributed by atoms with Crippen LogP contribution in [0.3, 0.4) is 0 Å². The minimum atomic E-state index is -0.621. The van der Waals surface area contributed by atoms with Crippen LogP contribution in [-0.4, -0.2) is 33.8 Å². The highest BCUT2D eigenvalue weighted by molar-refractivity contribution is 6.10. The first-order valence-electron chi connectivity index (χ1n) is 6.18. The summed E-state index contributed by atoms with van der Waals surface area (Å²) in [6, 6.07) is 9.65. The van der Waals surface area contributed by atoms with Crippen molar-refractivity contribution in [2.75, 3.05) is 6.61 Å². The number of benzene rings is 1. The Kier molecular flexibility index (Phi) is 2.48. The van der Waals surface area contributed by atoms with E-state index in [0.29, 0.717) is 19.4 Å². The molecule has 1 N–H and O–H groups in total. The Morgan fingerprint density at radius 2 is 2.00 bits per heavy atom. The van der Waals surface area contributed by atoms with Gasteiger partial charge in [-0.3, -0.25) is 9.59 Å². The Bertz CT molecular complexity index is 499. The molecule has 4 nitrogen and oxygen atoms in total. The van der Waals surface area contributed by atoms with Crippen molar-refractivity contribution in [1.82, 2.24) is 4.90 Å². The maximum absolute atomic E-state index is 12.0. The SMILES string of the molecule is O=C1CC[C@@]2(CO)[C@@H]1C(=O)N2Cc1ccccc1. The monoisotopic (exact) mass is 245 g/mol. The van der Waals surface area contributed by atoms with Crippen LogP contribution in [0.2, 0.25) is 0 Å². The summed E-state index contributed by atoms with van der Waals surface area (Å²) in [7, 11) is 0. The van der Waals surface area contributed by atoms with Gasteiger partial charge in [0.25, 0.3) is 0 Å². The summed E-state index contributed by atoms with van der Waals surface area (Å²) in [6.07, 6.45) is 0.994. The smallest absolute Gasteiger partial charge is 0.236 e. The van der Waals surface area contributed by atoms with Gasteiger partial charge in [0, 0.05) is 13.0 Å². The summed E-state index contributed by atoms with van der Waals surface area (Å²) >= 11 is 0. The normalized spacial score (nSPS) is 30.3. The second-order valence-corrected chi connectivity index (χ2v) is 5.07. The van der Waals surface area contributed by atoms with Crippen LogP contribution in [0.15, 0.2) is 30.3 Å². The molecule has 1 aliphatic heterocycles. The summed E-state index contributed by atoms with van der Waals surface area (Å²) in [6.45, 7) is 0.353. The molecule has 1 aromatic carbocycles. The van der Waals surface area contributed by atoms with Crippen molar-refractivity contribution in [3.63, 3.8) is 0 Å². The number of aliphatic hydroxyl groups is 1. The minimum absolute atomic E-state index is 0.0154. The average Bonchev–Trinajstić information content (AvgIpc) is 2.71. The molecule has 0 spiro atoms. The summed E-state index contributed by atoms with van der Waals surface area (Å²) in [5.74, 6) is -0.736. The molecular formula is C14H15NO3. The standard InChI is InChI=1S/C14H15NO3/c16-9-14-7-6-11(17)12(14)13(18)15(14)8-10-4-2-1-3-5-10/h1-5,12,16H,6-9H2/t12-,14+/m0/s1. The van der Waals surface area contributed by atoms with Gasteiger partial charge < -0.3 is 10.0 Å². The van der Waals surface area contributed by atoms with Gasteiger partial charge in [0.05, 0.1) is 12.1 Å². The van der Waals surface area contributed by atoms with Crippen molar-refractivity contribution < 1.29 is 14.7 Å². The van der Waals surface area contributed by atoms with E-state index in [-0.39, 0.29) is 18.3 Å². The lowest BCUT2D eigenvalue weighted by Crippen LogP contribution is -2.71. The van der Waals surface area contributed by atoms with Crippen molar-refractivity contribution in [2.24, 2.45) is 5.92 Å². The zero-order valence-corrected chi connectivity index (χ0v) is 10.0. The van der Waals surface area contributed by atoms with Crippen molar-refractivity contribution in [1.29, 1.82) is 0 Å². The largest absolute Gasteiger partial charge is 0.394 e. The van der Waals surface area contributed by atoms with E-state index in [1.165, 1.54) is 0 Å². The molecule has 2 atom stereocenters. The molecule has 3 rings (SSSR count). The highest BCUT2D eigenvalue weighted by atomic mass is 16.3. The number of hydrogen-bond donors (Lipinski definition) is 1. The number of carbonyl (C=O) groups excluding carboxylic acids is 2. The maximum atomic E-state index is 12.0. The zero-order valence-electron chi connectivity index (χ0n) is 10.0. The van der Waals surface area contributed by atoms with Gasteiger partial charge in [-0.25, -0.2) is 0 Å². The van der Waals surface area contributed by atoms with E-state index in [2.05, 4.69) is 0 Å². The number of aliphatic hydroxyl groups excluding tert-OH is 1. The van der Waals surface area contributed by atoms with E-state index >= 15 is 0 Å². The Morgan fingerprint density at radius 1 is 1.28 bits per heavy atom. The fourth-order valence-corrected chi connectivity index (χ4v) is 3.15. The molecule has 1 saturated heterocycles. The molecule has 2 fully saturated rings. The molecular weight excluding hydrogens is 230 g/mol. The number of β-lactam (4-membered cyclic amide) rings is 1. The van der Waals surface area contributed by atoms with Gasteiger partial charge in [-0.2, -0.15) is 0 Å². The van der Waals surface area contributed by atoms with E-state index in [1.54, 1.807) is 4.90 Å². The van der Waals surface area contributed by atoms with Crippen molar-refractivity contribution >= 4 is 11.7 Å². The van der Waals surface area contributed by atoms with Gasteiger partial charge in [0.2, 0.25) is 5.91 Å². The molecule has 1 saturated carbocycles. The quantitative estimate of drug-likeness (QED) is 0.631. The fourth-order valence-electron chi connectivity index (χ4n) is 3.15. The zero-order chi connectivity index (χ0) is 12.8. The maximum Gasteiger partial charge on any atom is 0.236 e. The van der Waals surface area contributed by atoms with Crippen LogP contribution >= 0.6 is 0 Å². The lowest BCUT2D eigenvalue weighted by Gasteiger charge is -2.53. The van der Waals surface area contributed by atoms with Crippen molar-refractivity contribution in [3.05, 3.63) is 35.9 Å². The second kappa shape index (κ2) is 3.92. The number of carbonyl (C=O) groups is 2. The molecule has 2 aliphatic rings. The predicted octanol–water partition coefficient (Wildman–Crippen LogP) is 0.739. The second-order valence-electron chi connectivity index (χ2n) is 5.07. The van der Waals surface area contributed by atoms with E-state index in [0.717, 1.165) is 5.56 Å². The number of Topliss-reactive ketones (excluding diaryl/α,β-unsaturated/α-hetero) is 1. The Labute approximate surface area is 105 Å². The molecule has 1 heterocycles. The fraction of sp³-hybridized carbons (Fsp3) is 0.429. The van der Waals surface area contributed by atoms with E-state index in [1.807, 2.05) is 30.3 Å². The lowest BCUT2D eigenvalue weighted by molar-refractivity contribution is -0.176. The third-order valence-corrected chi connectivity index (χ3v) is 4.17. The molecule has 1 amide bonds. The number of ketones is 1. The van der Waals surface area contributed by atoms with Crippen LogP contribution in [0.1, 0.15) is 18.4 Å². The van der Waals surface area contributed by atoms with Gasteiger partial charge in [-0.05, 0) is 12.0 Å². The summed E-state index contributed by atoms with van der Waals surface area (Å²) in [5.41, 5.74) is 0.403. The average molecular weight is 245 g/mol. The van der Waals surface area contributed by atoms with E-state index in [9.17, 15) is 14.7 Å². The highest BCUT2D eigenvalue weighted by Gasteiger charge is 2.65. The number of rotatable bonds is 3. The minimum Gasteiger partial charge on any atom is -0.394 e. The molecule has 0 unspecified atom stereocenters. The lowest BCUT2D eigenvalue weighted by atomic mass is 9.75. The van der Waals surface area contributed by atoms with Crippen LogP contribution in [-0.2, 0) is 16.1 Å². The van der Waals surface area contributed by atoms with Gasteiger partial charge in [0.1, 0.15) is 11.7 Å². The first-order valence-corrected chi connectivity index (χ1v) is 6.18. The Morgan fingerprint density at radius 3 is 2.67 bits per heavy atom. The molecule has 1 aliphatic carbocycles. The van der Waals surface area contributed by atoms with Crippen LogP contribution in [0, 0.1) is 5.92 Å². The summed E-state index contributed by atoms with van der Waals surface area (Å²) in [4.78, 5) is 25.3. The summed E-state index contributed by atoms with van der Waals surface area (Å²) in [5, 5.41) is 9.58. The third kappa shape index (κ3) is 1.35. The molecule has 1 aromatic rings. The molecule has 18 heavy (non-hydrogen) atoms. The Balaban J connectivity index is 1.85. The highest BCUT2D eigenvalue weighted by Crippen LogP contribution is 2.48. The van der Waals surface area contributed by atoms with Crippen molar-refractivity contribution in [3.8, 4) is 0 Å². The molecule has 0 aromatic heterocycles. The first kappa shape index (κ1) is 11.4. The van der Waals surface area contributed by atoms with Gasteiger partial charge in [-0.1, -0.05) is 30.3 Å². The third-order valence-electron chi connectivity index (χ3n) is 4.17. The van der Waals surface area contributed by atoms with Gasteiger partial charge in [-0.15, -0.1) is 0 Å². The number of hydrogen-bond acceptors (Lipinski definition) is 3. The number of likely N-dealkylation sites (tertiary alicyclic amines) is 1. The molecule has 0 bridgehead atoms. The first-order chi connectivity index (χ1) is 8.69. The molecule has 4 heteroatoms.